The largest absolute Gasteiger partial charge is 0.492 e. The molecule has 116 valence electrons. The first kappa shape index (κ1) is 15.8. The van der Waals surface area contributed by atoms with Gasteiger partial charge in [0.25, 0.3) is 5.91 Å². The third-order valence-corrected chi connectivity index (χ3v) is 4.16. The Kier molecular flexibility index (Phi) is 6.02. The maximum absolute atomic E-state index is 11.3. The number of likely N-dealkylation sites (N-methyl/N-ethyl adjacent to an activating group) is 1. The fourth-order valence-electron chi connectivity index (χ4n) is 2.80. The van der Waals surface area contributed by atoms with Crippen LogP contribution in [0.4, 0.5) is 0 Å². The lowest BCUT2D eigenvalue weighted by Crippen LogP contribution is -2.36. The summed E-state index contributed by atoms with van der Waals surface area (Å²) in [7, 11) is 2.17. The van der Waals surface area contributed by atoms with Crippen LogP contribution in [0.5, 0.6) is 5.75 Å². The highest BCUT2D eigenvalue weighted by atomic mass is 16.5. The Hall–Kier alpha value is -1.59. The molecule has 0 aromatic heterocycles. The number of carbonyl (C=O) groups is 1. The van der Waals surface area contributed by atoms with E-state index in [0.717, 1.165) is 12.3 Å². The zero-order valence-electron chi connectivity index (χ0n) is 12.7. The fraction of sp³-hybridized carbons (Fsp3) is 0.562. The molecule has 1 aliphatic rings. The summed E-state index contributed by atoms with van der Waals surface area (Å²) in [6, 6.07) is 7.72. The van der Waals surface area contributed by atoms with E-state index in [-0.39, 0.29) is 5.91 Å². The summed E-state index contributed by atoms with van der Waals surface area (Å²) < 4.78 is 5.73. The quantitative estimate of drug-likeness (QED) is 0.477. The average Bonchev–Trinajstić information content (AvgIpc) is 2.55. The van der Waals surface area contributed by atoms with Gasteiger partial charge in [-0.1, -0.05) is 19.3 Å². The van der Waals surface area contributed by atoms with Gasteiger partial charge in [-0.05, 0) is 44.2 Å². The van der Waals surface area contributed by atoms with Crippen molar-refractivity contribution in [1.82, 2.24) is 10.3 Å². The predicted octanol–water partition coefficient (Wildman–Crippen LogP) is 1.93. The second-order valence-corrected chi connectivity index (χ2v) is 5.62. The lowest BCUT2D eigenvalue weighted by atomic mass is 9.94. The van der Waals surface area contributed by atoms with Crippen LogP contribution in [-0.2, 0) is 0 Å². The summed E-state index contributed by atoms with van der Waals surface area (Å²) in [6.07, 6.45) is 6.68. The number of nitrogen functional groups attached to an aromatic ring is 1. The van der Waals surface area contributed by atoms with E-state index in [0.29, 0.717) is 18.2 Å². The second-order valence-electron chi connectivity index (χ2n) is 5.62. The third-order valence-electron chi connectivity index (χ3n) is 4.16. The van der Waals surface area contributed by atoms with Crippen LogP contribution in [0.3, 0.4) is 0 Å². The lowest BCUT2D eigenvalue weighted by molar-refractivity contribution is 0.0953. The van der Waals surface area contributed by atoms with Gasteiger partial charge in [0.2, 0.25) is 0 Å². The molecular weight excluding hydrogens is 266 g/mol. The molecule has 0 saturated heterocycles. The maximum atomic E-state index is 11.3. The molecule has 21 heavy (non-hydrogen) atoms. The first-order chi connectivity index (χ1) is 10.2. The zero-order chi connectivity index (χ0) is 15.1. The molecule has 0 aliphatic heterocycles. The fourth-order valence-corrected chi connectivity index (χ4v) is 2.80. The van der Waals surface area contributed by atoms with Crippen LogP contribution in [0.25, 0.3) is 0 Å². The highest BCUT2D eigenvalue weighted by molar-refractivity contribution is 5.93. The molecule has 1 aromatic rings. The van der Waals surface area contributed by atoms with Gasteiger partial charge in [0.05, 0.1) is 0 Å². The summed E-state index contributed by atoms with van der Waals surface area (Å²) in [5.41, 5.74) is 2.64. The monoisotopic (exact) mass is 291 g/mol. The Morgan fingerprint density at radius 1 is 1.29 bits per heavy atom. The van der Waals surface area contributed by atoms with Crippen LogP contribution in [0, 0.1) is 0 Å². The molecule has 1 fully saturated rings. The van der Waals surface area contributed by atoms with E-state index in [9.17, 15) is 4.79 Å². The third kappa shape index (κ3) is 4.72. The van der Waals surface area contributed by atoms with E-state index in [1.54, 1.807) is 24.3 Å². The summed E-state index contributed by atoms with van der Waals surface area (Å²) >= 11 is 0. The van der Waals surface area contributed by atoms with Crippen LogP contribution in [0.15, 0.2) is 24.3 Å². The van der Waals surface area contributed by atoms with Crippen molar-refractivity contribution in [2.24, 2.45) is 5.84 Å². The SMILES string of the molecule is CN(CCOc1ccc(C(=O)NN)cc1)C1CCCCC1. The standard InChI is InChI=1S/C16H25N3O2/c1-19(14-5-3-2-4-6-14)11-12-21-15-9-7-13(8-10-15)16(20)18-17/h7-10,14H,2-6,11-12,17H2,1H3,(H,18,20). The van der Waals surface area contributed by atoms with Gasteiger partial charge >= 0.3 is 0 Å². The Morgan fingerprint density at radius 2 is 1.95 bits per heavy atom. The second kappa shape index (κ2) is 8.00. The van der Waals surface area contributed by atoms with E-state index in [1.165, 1.54) is 32.1 Å². The van der Waals surface area contributed by atoms with Gasteiger partial charge in [0.1, 0.15) is 12.4 Å². The summed E-state index contributed by atoms with van der Waals surface area (Å²) in [5, 5.41) is 0. The Bertz CT molecular complexity index is 441. The number of rotatable bonds is 6. The van der Waals surface area contributed by atoms with Crippen molar-refractivity contribution < 1.29 is 9.53 Å². The number of hydrogen-bond acceptors (Lipinski definition) is 4. The van der Waals surface area contributed by atoms with Crippen LogP contribution in [-0.4, -0.2) is 37.0 Å². The molecule has 0 unspecified atom stereocenters. The zero-order valence-corrected chi connectivity index (χ0v) is 12.7. The van der Waals surface area contributed by atoms with Crippen molar-refractivity contribution >= 4 is 5.91 Å². The molecule has 1 aliphatic carbocycles. The minimum absolute atomic E-state index is 0.293. The van der Waals surface area contributed by atoms with E-state index < -0.39 is 0 Å². The maximum Gasteiger partial charge on any atom is 0.265 e. The molecule has 0 spiro atoms. The van der Waals surface area contributed by atoms with Crippen molar-refractivity contribution in [3.8, 4) is 5.75 Å². The van der Waals surface area contributed by atoms with Gasteiger partial charge in [-0.25, -0.2) is 5.84 Å². The van der Waals surface area contributed by atoms with Gasteiger partial charge in [0, 0.05) is 18.2 Å². The van der Waals surface area contributed by atoms with E-state index in [2.05, 4.69) is 17.4 Å². The molecule has 0 bridgehead atoms. The molecule has 1 saturated carbocycles. The highest BCUT2D eigenvalue weighted by Crippen LogP contribution is 2.21. The summed E-state index contributed by atoms with van der Waals surface area (Å²) in [6.45, 7) is 1.59. The van der Waals surface area contributed by atoms with Crippen molar-refractivity contribution in [3.63, 3.8) is 0 Å². The topological polar surface area (TPSA) is 67.6 Å². The Balaban J connectivity index is 1.73. The average molecular weight is 291 g/mol. The molecule has 5 heteroatoms. The first-order valence-electron chi connectivity index (χ1n) is 7.65. The number of nitrogens with one attached hydrogen (secondary N) is 1. The van der Waals surface area contributed by atoms with Crippen LogP contribution in [0.2, 0.25) is 0 Å². The molecule has 1 aromatic carbocycles. The molecule has 0 atom stereocenters. The number of ether oxygens (including phenoxy) is 1. The normalized spacial score (nSPS) is 16.0. The number of hydrazine groups is 1. The van der Waals surface area contributed by atoms with Crippen molar-refractivity contribution in [3.05, 3.63) is 29.8 Å². The smallest absolute Gasteiger partial charge is 0.265 e. The van der Waals surface area contributed by atoms with Gasteiger partial charge < -0.3 is 9.64 Å². The van der Waals surface area contributed by atoms with Gasteiger partial charge in [-0.3, -0.25) is 10.2 Å². The molecule has 1 amide bonds. The molecule has 0 heterocycles. The van der Waals surface area contributed by atoms with E-state index in [1.807, 2.05) is 0 Å². The number of amides is 1. The predicted molar refractivity (Wildman–Crippen MR) is 83.1 cm³/mol. The summed E-state index contributed by atoms with van der Waals surface area (Å²) in [4.78, 5) is 13.7. The molecule has 3 N–H and O–H groups in total. The Morgan fingerprint density at radius 3 is 2.57 bits per heavy atom. The molecule has 2 rings (SSSR count). The van der Waals surface area contributed by atoms with Crippen molar-refractivity contribution in [2.75, 3.05) is 20.2 Å². The van der Waals surface area contributed by atoms with E-state index >= 15 is 0 Å². The van der Waals surface area contributed by atoms with Gasteiger partial charge in [-0.2, -0.15) is 0 Å². The molecular formula is C16H25N3O2. The Labute approximate surface area is 126 Å². The molecule has 5 nitrogen and oxygen atoms in total. The minimum atomic E-state index is -0.293. The minimum Gasteiger partial charge on any atom is -0.492 e. The summed E-state index contributed by atoms with van der Waals surface area (Å²) in [5.74, 6) is 5.58. The van der Waals surface area contributed by atoms with Crippen LogP contribution < -0.4 is 16.0 Å². The number of nitrogens with zero attached hydrogens (tertiary/aromatic N) is 1. The van der Waals surface area contributed by atoms with E-state index in [4.69, 9.17) is 10.6 Å². The van der Waals surface area contributed by atoms with Crippen molar-refractivity contribution in [1.29, 1.82) is 0 Å². The van der Waals surface area contributed by atoms with Gasteiger partial charge in [0.15, 0.2) is 0 Å². The van der Waals surface area contributed by atoms with Crippen molar-refractivity contribution in [2.45, 2.75) is 38.1 Å². The highest BCUT2D eigenvalue weighted by Gasteiger charge is 2.17. The first-order valence-corrected chi connectivity index (χ1v) is 7.65. The van der Waals surface area contributed by atoms with Crippen LogP contribution >= 0.6 is 0 Å². The number of carbonyl (C=O) groups excluding carboxylic acids is 1. The number of hydrogen-bond donors (Lipinski definition) is 2. The molecule has 0 radical (unpaired) electrons. The van der Waals surface area contributed by atoms with Gasteiger partial charge in [-0.15, -0.1) is 0 Å². The lowest BCUT2D eigenvalue weighted by Gasteiger charge is -2.31. The number of nitrogens with two attached hydrogens (primary N) is 1. The van der Waals surface area contributed by atoms with Crippen LogP contribution in [0.1, 0.15) is 42.5 Å². The number of benzene rings is 1.